The lowest BCUT2D eigenvalue weighted by Gasteiger charge is -2.29. The molecular weight excluding hydrogens is 1360 g/mol. The average molecular weight is 1480 g/mol. The summed E-state index contributed by atoms with van der Waals surface area (Å²) >= 11 is 0. The molecule has 15 amide bonds. The number of aliphatic imine (C=N–C) groups is 1. The first-order valence-electron chi connectivity index (χ1n) is 34.4. The van der Waals surface area contributed by atoms with Gasteiger partial charge < -0.3 is 114 Å². The third kappa shape index (κ3) is 39.9. The zero-order valence-corrected chi connectivity index (χ0v) is 61.4. The topological polar surface area (TPSA) is 652 Å². The van der Waals surface area contributed by atoms with E-state index in [9.17, 15) is 77.0 Å². The first-order valence-corrected chi connectivity index (χ1v) is 34.4. The number of guanidine groups is 1. The molecule has 0 spiro atoms. The number of aliphatic hydroxyl groups is 1. The van der Waals surface area contributed by atoms with E-state index in [0.717, 1.165) is 6.92 Å². The number of nitrogens with two attached hydrogens (primary N) is 7. The zero-order chi connectivity index (χ0) is 79.7. The summed E-state index contributed by atoms with van der Waals surface area (Å²) < 4.78 is 0. The van der Waals surface area contributed by atoms with E-state index in [1.165, 1.54) is 27.7 Å². The van der Waals surface area contributed by atoms with Gasteiger partial charge in [-0.05, 0) is 122 Å². The molecule has 38 nitrogen and oxygen atoms in total. The number of hydrogen-bond donors (Lipinski definition) is 21. The van der Waals surface area contributed by atoms with Gasteiger partial charge in [-0.25, -0.2) is 0 Å². The summed E-state index contributed by atoms with van der Waals surface area (Å²) in [4.78, 5) is 214. The SMILES string of the molecule is CC(=O)O.CC(C)C[C@H](NC(=O)[C@H](CO)NC(=O)[C@H](CCCCN)NC(=O)[C@H](CCC(N)=O)NC(=O)[C@H](CC(C)C)NC(=O)[C@H](Cc1ccccc1)NC(=O)[C@H](CCC(N)=O)NC(=O)[C@H](CCCN=C(N)N)NC(=O)[C@@H](N)CC(C)C)C(=O)N[C@@H](C)C(=O)N[C@@H](C)C(=O)N[C@@H](C)C(=O)N[C@@H](C)C(N)=O. The fourth-order valence-electron chi connectivity index (χ4n) is 9.70. The number of amides is 15. The van der Waals surface area contributed by atoms with Crippen molar-refractivity contribution in [2.45, 2.75) is 238 Å². The Kier molecular flexibility index (Phi) is 44.7. The Morgan fingerprint density at radius 2 is 0.712 bits per heavy atom. The van der Waals surface area contributed by atoms with E-state index in [0.29, 0.717) is 12.0 Å². The van der Waals surface area contributed by atoms with Crippen LogP contribution in [0.5, 0.6) is 0 Å². The second kappa shape index (κ2) is 49.5. The van der Waals surface area contributed by atoms with Gasteiger partial charge >= 0.3 is 0 Å². The molecule has 0 radical (unpaired) electrons. The van der Waals surface area contributed by atoms with Crippen LogP contribution in [0.25, 0.3) is 0 Å². The third-order valence-electron chi connectivity index (χ3n) is 15.3. The zero-order valence-electron chi connectivity index (χ0n) is 61.4. The third-order valence-corrected chi connectivity index (χ3v) is 15.3. The Balaban J connectivity index is 0.0000258. The van der Waals surface area contributed by atoms with Gasteiger partial charge in [0.1, 0.15) is 72.5 Å². The van der Waals surface area contributed by atoms with Crippen molar-refractivity contribution in [3.05, 3.63) is 35.9 Å². The monoisotopic (exact) mass is 1470 g/mol. The molecule has 13 atom stereocenters. The minimum Gasteiger partial charge on any atom is -0.481 e. The number of carbonyl (C=O) groups excluding carboxylic acids is 15. The highest BCUT2D eigenvalue weighted by atomic mass is 16.4. The number of primary amides is 3. The van der Waals surface area contributed by atoms with Gasteiger partial charge in [0.05, 0.1) is 12.6 Å². The molecule has 1 rings (SSSR count). The Morgan fingerprint density at radius 3 is 1.09 bits per heavy atom. The van der Waals surface area contributed by atoms with Crippen LogP contribution in [0, 0.1) is 17.8 Å². The van der Waals surface area contributed by atoms with Crippen molar-refractivity contribution in [2.24, 2.45) is 62.9 Å². The number of carboxylic acid groups (broad SMARTS) is 1. The molecule has 0 aliphatic rings. The van der Waals surface area contributed by atoms with Crippen molar-refractivity contribution in [3.63, 3.8) is 0 Å². The Morgan fingerprint density at radius 1 is 0.394 bits per heavy atom. The van der Waals surface area contributed by atoms with Crippen LogP contribution in [-0.4, -0.2) is 209 Å². The molecule has 28 N–H and O–H groups in total. The van der Waals surface area contributed by atoms with Crippen molar-refractivity contribution >= 4 is 101 Å². The molecule has 586 valence electrons. The maximum Gasteiger partial charge on any atom is 0.300 e. The number of nitrogens with zero attached hydrogens (tertiary/aromatic N) is 1. The molecular formula is C66H114N20O18. The lowest BCUT2D eigenvalue weighted by Crippen LogP contribution is -2.61. The van der Waals surface area contributed by atoms with Crippen LogP contribution in [0.3, 0.4) is 0 Å². The molecule has 0 saturated carbocycles. The highest BCUT2D eigenvalue weighted by Crippen LogP contribution is 2.14. The largest absolute Gasteiger partial charge is 0.481 e. The van der Waals surface area contributed by atoms with Crippen molar-refractivity contribution in [1.29, 1.82) is 0 Å². The summed E-state index contributed by atoms with van der Waals surface area (Å²) in [7, 11) is 0. The fraction of sp³-hybridized carbons (Fsp3) is 0.652. The first kappa shape index (κ1) is 93.9. The maximum atomic E-state index is 14.7. The quantitative estimate of drug-likeness (QED) is 0.0164. The van der Waals surface area contributed by atoms with Gasteiger partial charge in [0, 0.05) is 32.7 Å². The Hall–Kier alpha value is -10.1. The fourth-order valence-corrected chi connectivity index (χ4v) is 9.70. The van der Waals surface area contributed by atoms with E-state index in [2.05, 4.69) is 68.8 Å². The lowest BCUT2D eigenvalue weighted by atomic mass is 9.99. The van der Waals surface area contributed by atoms with Gasteiger partial charge in [-0.2, -0.15) is 0 Å². The van der Waals surface area contributed by atoms with E-state index >= 15 is 0 Å². The maximum absolute atomic E-state index is 14.7. The highest BCUT2D eigenvalue weighted by Gasteiger charge is 2.37. The predicted molar refractivity (Wildman–Crippen MR) is 382 cm³/mol. The molecule has 1 aromatic carbocycles. The van der Waals surface area contributed by atoms with Crippen molar-refractivity contribution < 1.29 is 86.9 Å². The average Bonchev–Trinajstić information content (AvgIpc) is 0.855. The van der Waals surface area contributed by atoms with Crippen LogP contribution < -0.4 is 104 Å². The second-order valence-electron chi connectivity index (χ2n) is 26.4. The van der Waals surface area contributed by atoms with Gasteiger partial charge in [-0.15, -0.1) is 0 Å². The predicted octanol–water partition coefficient (Wildman–Crippen LogP) is -6.13. The molecule has 0 unspecified atom stereocenters. The van der Waals surface area contributed by atoms with Gasteiger partial charge in [-0.3, -0.25) is 81.7 Å². The molecule has 0 aliphatic carbocycles. The lowest BCUT2D eigenvalue weighted by molar-refractivity contribution is -0.137. The van der Waals surface area contributed by atoms with Gasteiger partial charge in [0.2, 0.25) is 88.6 Å². The Labute approximate surface area is 605 Å². The summed E-state index contributed by atoms with van der Waals surface area (Å²) in [5.41, 5.74) is 39.6. The van der Waals surface area contributed by atoms with E-state index in [1.807, 2.05) is 13.8 Å². The minimum absolute atomic E-state index is 0.0134. The summed E-state index contributed by atoms with van der Waals surface area (Å²) in [6.07, 6.45) is -1.23. The smallest absolute Gasteiger partial charge is 0.300 e. The van der Waals surface area contributed by atoms with Crippen LogP contribution in [0.4, 0.5) is 0 Å². The first-order chi connectivity index (χ1) is 48.5. The standard InChI is InChI=1S/C64H110N20O16.C2H4O2/c1-32(2)27-40(66)55(92)77-42(20-16-26-72-64(70)71)56(93)79-44(22-24-50(68)87)59(96)83-47(30-39-17-12-11-13-18-39)62(99)81-46(29-34(5)6)61(98)80-43(21-23-49(67)86)58(95)78-41(19-14-15-25-65)57(94)84-48(31-85)63(100)82-45(28-33(3)4)60(97)76-38(10)54(91)75-37(9)53(90)74-36(8)52(89)73-35(7)51(69)88;1-2(3)4/h11-13,17-18,32-38,40-48,85H,14-16,19-31,65-66H2,1-10H3,(H2,67,86)(H2,68,87)(H2,69,88)(H,73,89)(H,74,90)(H,75,91)(H,76,97)(H,77,92)(H,78,95)(H,79,93)(H,80,98)(H,81,99)(H,82,100)(H,83,96)(H,84,94)(H4,70,71,72);1H3,(H,3,4)/t35-,36-,37-,38-,40-,41-,42-,43-,44-,45-,46-,47-,48-;/m0./s1. The van der Waals surface area contributed by atoms with E-state index in [1.54, 1.807) is 58.0 Å². The summed E-state index contributed by atoms with van der Waals surface area (Å²) in [5.74, 6) is -15.0. The number of aliphatic carboxylic acids is 1. The van der Waals surface area contributed by atoms with Crippen LogP contribution in [-0.2, 0) is 83.1 Å². The van der Waals surface area contributed by atoms with Crippen LogP contribution >= 0.6 is 0 Å². The van der Waals surface area contributed by atoms with Crippen molar-refractivity contribution in [1.82, 2.24) is 63.8 Å². The van der Waals surface area contributed by atoms with Crippen LogP contribution in [0.1, 0.15) is 159 Å². The van der Waals surface area contributed by atoms with Gasteiger partial charge in [-0.1, -0.05) is 71.9 Å². The number of carbonyl (C=O) groups is 16. The normalized spacial score (nSPS) is 14.7. The molecule has 104 heavy (non-hydrogen) atoms. The number of benzene rings is 1. The van der Waals surface area contributed by atoms with E-state index in [4.69, 9.17) is 50.0 Å². The number of unbranched alkanes of at least 4 members (excludes halogenated alkanes) is 1. The molecule has 0 heterocycles. The van der Waals surface area contributed by atoms with E-state index in [-0.39, 0.29) is 94.6 Å². The molecule has 0 saturated heterocycles. The van der Waals surface area contributed by atoms with Crippen molar-refractivity contribution in [3.8, 4) is 0 Å². The van der Waals surface area contributed by atoms with Crippen molar-refractivity contribution in [2.75, 3.05) is 19.7 Å². The van der Waals surface area contributed by atoms with Gasteiger partial charge in [0.25, 0.3) is 5.97 Å². The molecule has 38 heteroatoms. The number of nitrogens with one attached hydrogen (secondary N) is 12. The highest BCUT2D eigenvalue weighted by molar-refractivity contribution is 6.00. The number of aliphatic hydroxyl groups excluding tert-OH is 1. The summed E-state index contributed by atoms with van der Waals surface area (Å²) in [5, 5.41) is 48.0. The number of carboxylic acids is 1. The number of hydrogen-bond acceptors (Lipinski definition) is 20. The second-order valence-corrected chi connectivity index (χ2v) is 26.4. The van der Waals surface area contributed by atoms with Gasteiger partial charge in [0.15, 0.2) is 5.96 Å². The van der Waals surface area contributed by atoms with Crippen LogP contribution in [0.15, 0.2) is 35.3 Å². The molecule has 0 aliphatic heterocycles. The summed E-state index contributed by atoms with van der Waals surface area (Å²) in [6.45, 7) is 16.1. The summed E-state index contributed by atoms with van der Waals surface area (Å²) in [6, 6.07) is -9.53. The van der Waals surface area contributed by atoms with Crippen LogP contribution in [0.2, 0.25) is 0 Å². The molecule has 0 aromatic heterocycles. The molecule has 1 aromatic rings. The Bertz CT molecular complexity index is 3060. The number of rotatable bonds is 48. The van der Waals surface area contributed by atoms with E-state index < -0.39 is 199 Å². The molecule has 0 fully saturated rings. The molecule has 0 bridgehead atoms. The minimum atomic E-state index is -1.77.